The molecule has 4 atom stereocenters. The number of aromatic nitrogens is 4. The fourth-order valence-electron chi connectivity index (χ4n) is 5.95. The van der Waals surface area contributed by atoms with Crippen LogP contribution in [0.3, 0.4) is 0 Å². The van der Waals surface area contributed by atoms with Crippen molar-refractivity contribution in [2.24, 2.45) is 5.73 Å². The van der Waals surface area contributed by atoms with Crippen molar-refractivity contribution in [3.8, 4) is 0 Å². The number of hydrogen-bond acceptors (Lipinski definition) is 11. The molecular weight excluding hydrogens is 686 g/mol. The number of ether oxygens (including phenoxy) is 3. The summed E-state index contributed by atoms with van der Waals surface area (Å²) in [5.41, 5.74) is 0.0588. The molecule has 3 heterocycles. The van der Waals surface area contributed by atoms with Gasteiger partial charge >= 0.3 is 27.7 Å². The van der Waals surface area contributed by atoms with Crippen molar-refractivity contribution in [1.82, 2.24) is 19.5 Å². The summed E-state index contributed by atoms with van der Waals surface area (Å²) in [6.45, 7) is 0.197. The molecule has 1 saturated heterocycles. The summed E-state index contributed by atoms with van der Waals surface area (Å²) in [7, 11) is -6.32. The summed E-state index contributed by atoms with van der Waals surface area (Å²) in [4.78, 5) is 23.8. The molecule has 2 N–H and O–H groups in total. The van der Waals surface area contributed by atoms with Gasteiger partial charge < -0.3 is 19.9 Å². The van der Waals surface area contributed by atoms with E-state index in [1.165, 1.54) is 0 Å². The van der Waals surface area contributed by atoms with Gasteiger partial charge in [-0.2, -0.15) is 31.0 Å². The van der Waals surface area contributed by atoms with Crippen molar-refractivity contribution in [3.63, 3.8) is 0 Å². The second kappa shape index (κ2) is 13.8. The maximum absolute atomic E-state index is 14.5. The van der Waals surface area contributed by atoms with Gasteiger partial charge in [-0.25, -0.2) is 9.97 Å². The Labute approximate surface area is 282 Å². The van der Waals surface area contributed by atoms with Gasteiger partial charge in [0, 0.05) is 13.5 Å². The molecule has 0 radical (unpaired) electrons. The summed E-state index contributed by atoms with van der Waals surface area (Å²) in [6, 6.07) is 27.2. The fourth-order valence-corrected chi connectivity index (χ4v) is 6.56. The Kier molecular flexibility index (Phi) is 9.69. The van der Waals surface area contributed by atoms with Gasteiger partial charge in [-0.15, -0.1) is 0 Å². The number of nitrogens with two attached hydrogens (primary N) is 1. The minimum atomic E-state index is -6.32. The molecule has 0 spiro atoms. The van der Waals surface area contributed by atoms with Crippen LogP contribution < -0.4 is 5.73 Å². The van der Waals surface area contributed by atoms with Crippen LogP contribution in [0.15, 0.2) is 97.3 Å². The Hall–Kier alpha value is -4.81. The van der Waals surface area contributed by atoms with E-state index in [9.17, 15) is 30.8 Å². The zero-order chi connectivity index (χ0) is 35.7. The van der Waals surface area contributed by atoms with Crippen molar-refractivity contribution in [3.05, 3.63) is 126 Å². The van der Waals surface area contributed by atoms with Gasteiger partial charge in [0.25, 0.3) is 0 Å². The molecule has 6 rings (SSSR count). The second-order valence-corrected chi connectivity index (χ2v) is 12.7. The lowest BCUT2D eigenvalue weighted by atomic mass is 9.80. The van der Waals surface area contributed by atoms with Crippen LogP contribution in [0.1, 0.15) is 35.5 Å². The lowest BCUT2D eigenvalue weighted by Gasteiger charge is -2.37. The second-order valence-electron chi connectivity index (χ2n) is 11.2. The molecule has 0 aliphatic carbocycles. The van der Waals surface area contributed by atoms with Crippen molar-refractivity contribution in [1.29, 1.82) is 0 Å². The maximum atomic E-state index is 14.5. The minimum Gasteiger partial charge on any atom is -0.457 e. The number of halogens is 4. The van der Waals surface area contributed by atoms with Crippen molar-refractivity contribution in [2.45, 2.75) is 49.1 Å². The number of fused-ring (bicyclic) bond motifs is 1. The monoisotopic (exact) mass is 715 g/mol. The summed E-state index contributed by atoms with van der Waals surface area (Å²) in [6.07, 6.45) is -7.51. The highest BCUT2D eigenvalue weighted by Crippen LogP contribution is 2.43. The fraction of sp³-hybridized carbons (Fsp3) is 0.273. The number of carbonyl (C=O) groups excluding carboxylic acids is 1. The van der Waals surface area contributed by atoms with Crippen molar-refractivity contribution < 1.29 is 49.2 Å². The predicted octanol–water partition coefficient (Wildman–Crippen LogP) is 4.50. The van der Waals surface area contributed by atoms with Gasteiger partial charge in [0.1, 0.15) is 17.2 Å². The van der Waals surface area contributed by atoms with Crippen LogP contribution >= 0.6 is 0 Å². The van der Waals surface area contributed by atoms with E-state index in [0.29, 0.717) is 16.7 Å². The SMILES string of the molecule is CC(=O)O[C@H]1[C@@H](OS(=O)(=O)C(F)(F)F)[C@H](n2cnc3c(CN)nc(F)nc32)O[C@@H]1COC(c1ccccc1)(c1ccccc1)c1ccccc1. The standard InChI is InChI=1S/C33H29F4N5O7S/c1-20(43)47-27-25(18-46-32(21-11-5-2-6-12-21,22-13-7-3-8-14-22)23-15-9-4-10-16-23)48-30(28(27)49-50(44,45)33(35,36)37)42-19-39-26-24(17-38)40-31(34)41-29(26)42/h2-16,19,25,27-28,30H,17-18,38H2,1H3/t25-,27-,28-,30-/m1/s1. The summed E-state index contributed by atoms with van der Waals surface area (Å²) < 4.78 is 105. The molecule has 1 aliphatic rings. The van der Waals surface area contributed by atoms with Gasteiger partial charge in [0.15, 0.2) is 24.1 Å². The van der Waals surface area contributed by atoms with E-state index in [4.69, 9.17) is 24.1 Å². The molecule has 1 fully saturated rings. The first-order valence-corrected chi connectivity index (χ1v) is 16.5. The molecule has 0 amide bonds. The Morgan fingerprint density at radius 1 is 0.900 bits per heavy atom. The molecule has 5 aromatic rings. The molecular formula is C33H29F4N5O7S. The van der Waals surface area contributed by atoms with Crippen LogP contribution in [-0.4, -0.2) is 64.3 Å². The molecule has 0 bridgehead atoms. The largest absolute Gasteiger partial charge is 0.523 e. The number of nitrogens with zero attached hydrogens (tertiary/aromatic N) is 4. The first-order chi connectivity index (χ1) is 23.9. The summed E-state index contributed by atoms with van der Waals surface area (Å²) >= 11 is 0. The normalized spacial score (nSPS) is 19.9. The van der Waals surface area contributed by atoms with E-state index in [-0.39, 0.29) is 23.4 Å². The molecule has 17 heteroatoms. The molecule has 2 aromatic heterocycles. The smallest absolute Gasteiger partial charge is 0.457 e. The highest BCUT2D eigenvalue weighted by molar-refractivity contribution is 7.87. The maximum Gasteiger partial charge on any atom is 0.523 e. The van der Waals surface area contributed by atoms with Gasteiger partial charge in [-0.3, -0.25) is 13.5 Å². The van der Waals surface area contributed by atoms with Crippen LogP contribution in [0.25, 0.3) is 11.2 Å². The van der Waals surface area contributed by atoms with E-state index < -0.39 is 64.4 Å². The zero-order valence-electron chi connectivity index (χ0n) is 26.1. The van der Waals surface area contributed by atoms with Crippen LogP contribution in [0, 0.1) is 6.08 Å². The van der Waals surface area contributed by atoms with E-state index in [2.05, 4.69) is 15.0 Å². The predicted molar refractivity (Wildman–Crippen MR) is 168 cm³/mol. The third kappa shape index (κ3) is 6.57. The number of imidazole rings is 1. The molecule has 1 aliphatic heterocycles. The van der Waals surface area contributed by atoms with Crippen LogP contribution in [0.5, 0.6) is 0 Å². The van der Waals surface area contributed by atoms with E-state index in [1.807, 2.05) is 54.6 Å². The molecule has 3 aromatic carbocycles. The summed E-state index contributed by atoms with van der Waals surface area (Å²) in [5.74, 6) is -0.989. The Balaban J connectivity index is 1.49. The van der Waals surface area contributed by atoms with Gasteiger partial charge in [-0.05, 0) is 16.7 Å². The first-order valence-electron chi connectivity index (χ1n) is 15.1. The van der Waals surface area contributed by atoms with Crippen molar-refractivity contribution >= 4 is 27.3 Å². The van der Waals surface area contributed by atoms with E-state index >= 15 is 0 Å². The molecule has 0 saturated carbocycles. The number of hydrogen-bond donors (Lipinski definition) is 1. The lowest BCUT2D eigenvalue weighted by molar-refractivity contribution is -0.155. The number of alkyl halides is 3. The van der Waals surface area contributed by atoms with Gasteiger partial charge in [-0.1, -0.05) is 91.0 Å². The first kappa shape index (κ1) is 35.0. The zero-order valence-corrected chi connectivity index (χ0v) is 26.9. The number of rotatable bonds is 11. The molecule has 50 heavy (non-hydrogen) atoms. The van der Waals surface area contributed by atoms with Crippen molar-refractivity contribution in [2.75, 3.05) is 6.61 Å². The number of benzene rings is 3. The van der Waals surface area contributed by atoms with Gasteiger partial charge in [0.05, 0.1) is 18.6 Å². The highest BCUT2D eigenvalue weighted by atomic mass is 32.2. The average Bonchev–Trinajstić information content (AvgIpc) is 3.65. The average molecular weight is 716 g/mol. The minimum absolute atomic E-state index is 0.0325. The van der Waals surface area contributed by atoms with Crippen LogP contribution in [-0.2, 0) is 45.5 Å². The van der Waals surface area contributed by atoms with E-state index in [0.717, 1.165) is 17.8 Å². The molecule has 12 nitrogen and oxygen atoms in total. The van der Waals surface area contributed by atoms with Crippen LogP contribution in [0.4, 0.5) is 17.6 Å². The number of esters is 1. The van der Waals surface area contributed by atoms with Crippen LogP contribution in [0.2, 0.25) is 0 Å². The molecule has 262 valence electrons. The Morgan fingerprint density at radius 2 is 1.44 bits per heavy atom. The van der Waals surface area contributed by atoms with E-state index in [1.54, 1.807) is 36.4 Å². The third-order valence-electron chi connectivity index (χ3n) is 8.05. The third-order valence-corrected chi connectivity index (χ3v) is 9.09. The highest BCUT2D eigenvalue weighted by Gasteiger charge is 2.57. The Bertz CT molecular complexity index is 1970. The molecule has 0 unspecified atom stereocenters. The topological polar surface area (TPSA) is 158 Å². The lowest BCUT2D eigenvalue weighted by Crippen LogP contribution is -2.44. The number of carbonyl (C=O) groups is 1. The van der Waals surface area contributed by atoms with Gasteiger partial charge in [0.2, 0.25) is 0 Å². The summed E-state index contributed by atoms with van der Waals surface area (Å²) in [5, 5.41) is 0. The Morgan fingerprint density at radius 3 is 1.92 bits per heavy atom. The quantitative estimate of drug-likeness (QED) is 0.0513.